The zero-order chi connectivity index (χ0) is 16.9. The maximum atomic E-state index is 12.3. The fraction of sp³-hybridized carbons (Fsp3) is 0.263. The minimum Gasteiger partial charge on any atom is -0.328 e. The molecular formula is C19H21N3O2. The van der Waals surface area contributed by atoms with Gasteiger partial charge in [-0.2, -0.15) is 0 Å². The number of carbonyl (C=O) groups excluding carboxylic acids is 2. The summed E-state index contributed by atoms with van der Waals surface area (Å²) in [7, 11) is 0. The van der Waals surface area contributed by atoms with E-state index in [9.17, 15) is 9.59 Å². The van der Waals surface area contributed by atoms with Gasteiger partial charge in [0.1, 0.15) is 0 Å². The molecule has 0 bridgehead atoms. The molecule has 5 nitrogen and oxygen atoms in total. The molecule has 0 saturated heterocycles. The summed E-state index contributed by atoms with van der Waals surface area (Å²) in [6.07, 6.45) is 2.46. The van der Waals surface area contributed by atoms with E-state index in [1.807, 2.05) is 24.3 Å². The maximum absolute atomic E-state index is 12.3. The van der Waals surface area contributed by atoms with Gasteiger partial charge in [0, 0.05) is 28.9 Å². The van der Waals surface area contributed by atoms with Gasteiger partial charge in [0.25, 0.3) is 5.91 Å². The van der Waals surface area contributed by atoms with E-state index in [1.54, 1.807) is 30.3 Å². The van der Waals surface area contributed by atoms with Crippen molar-refractivity contribution >= 4 is 23.2 Å². The highest BCUT2D eigenvalue weighted by atomic mass is 16.2. The van der Waals surface area contributed by atoms with Gasteiger partial charge >= 0.3 is 0 Å². The lowest BCUT2D eigenvalue weighted by molar-refractivity contribution is -0.119. The third kappa shape index (κ3) is 4.00. The molecule has 2 amide bonds. The van der Waals surface area contributed by atoms with Gasteiger partial charge in [-0.1, -0.05) is 24.3 Å². The number of hydrogen-bond acceptors (Lipinski definition) is 3. The predicted molar refractivity (Wildman–Crippen MR) is 94.8 cm³/mol. The number of nitrogens with two attached hydrogens (primary N) is 1. The summed E-state index contributed by atoms with van der Waals surface area (Å²) in [5.74, 6) is -0.210. The lowest BCUT2D eigenvalue weighted by Gasteiger charge is -2.12. The zero-order valence-corrected chi connectivity index (χ0v) is 13.4. The molecule has 3 rings (SSSR count). The number of carbonyl (C=O) groups is 2. The first-order chi connectivity index (χ1) is 11.6. The summed E-state index contributed by atoms with van der Waals surface area (Å²) < 4.78 is 0. The smallest absolute Gasteiger partial charge is 0.255 e. The average Bonchev–Trinajstić information content (AvgIpc) is 3.02. The summed E-state index contributed by atoms with van der Waals surface area (Å²) in [6.45, 7) is 0. The van der Waals surface area contributed by atoms with Crippen LogP contribution in [0.4, 0.5) is 11.4 Å². The fourth-order valence-corrected chi connectivity index (χ4v) is 2.97. The van der Waals surface area contributed by atoms with Crippen LogP contribution in [0.1, 0.15) is 29.6 Å². The van der Waals surface area contributed by atoms with Crippen LogP contribution < -0.4 is 16.4 Å². The highest BCUT2D eigenvalue weighted by Crippen LogP contribution is 2.26. The van der Waals surface area contributed by atoms with Crippen molar-refractivity contribution in [2.75, 3.05) is 10.6 Å². The van der Waals surface area contributed by atoms with Gasteiger partial charge in [-0.15, -0.1) is 0 Å². The van der Waals surface area contributed by atoms with Crippen LogP contribution in [0.2, 0.25) is 0 Å². The molecule has 2 atom stereocenters. The Labute approximate surface area is 141 Å². The SMILES string of the molecule is NC1CCC(C(=O)Nc2cccc(NC(=O)c3ccccc3)c2)C1. The second-order valence-electron chi connectivity index (χ2n) is 6.16. The van der Waals surface area contributed by atoms with E-state index < -0.39 is 0 Å². The number of benzene rings is 2. The molecule has 4 N–H and O–H groups in total. The Balaban J connectivity index is 1.64. The molecule has 1 aliphatic carbocycles. The standard InChI is InChI=1S/C19H21N3O2/c20-15-10-9-14(11-15)19(24)22-17-8-4-7-16(12-17)21-18(23)13-5-2-1-3-6-13/h1-8,12,14-15H,9-11,20H2,(H,21,23)(H,22,24). The molecular weight excluding hydrogens is 302 g/mol. The highest BCUT2D eigenvalue weighted by Gasteiger charge is 2.27. The number of amides is 2. The Morgan fingerprint density at radius 1 is 0.917 bits per heavy atom. The van der Waals surface area contributed by atoms with Crippen molar-refractivity contribution in [2.45, 2.75) is 25.3 Å². The van der Waals surface area contributed by atoms with Crippen LogP contribution >= 0.6 is 0 Å². The lowest BCUT2D eigenvalue weighted by atomic mass is 10.1. The van der Waals surface area contributed by atoms with E-state index in [0.29, 0.717) is 16.9 Å². The first-order valence-electron chi connectivity index (χ1n) is 8.15. The van der Waals surface area contributed by atoms with Gasteiger partial charge < -0.3 is 16.4 Å². The van der Waals surface area contributed by atoms with E-state index in [4.69, 9.17) is 5.73 Å². The normalized spacial score (nSPS) is 19.7. The van der Waals surface area contributed by atoms with Crippen molar-refractivity contribution in [3.8, 4) is 0 Å². The van der Waals surface area contributed by atoms with Gasteiger partial charge in [0.15, 0.2) is 0 Å². The molecule has 0 aromatic heterocycles. The molecule has 0 radical (unpaired) electrons. The number of nitrogens with one attached hydrogen (secondary N) is 2. The molecule has 5 heteroatoms. The van der Waals surface area contributed by atoms with Gasteiger partial charge in [0.05, 0.1) is 0 Å². The van der Waals surface area contributed by atoms with Crippen molar-refractivity contribution in [2.24, 2.45) is 11.7 Å². The summed E-state index contributed by atoms with van der Waals surface area (Å²) >= 11 is 0. The topological polar surface area (TPSA) is 84.2 Å². The van der Waals surface area contributed by atoms with Crippen LogP contribution in [0, 0.1) is 5.92 Å². The van der Waals surface area contributed by atoms with Gasteiger partial charge in [-0.05, 0) is 49.6 Å². The summed E-state index contributed by atoms with van der Waals surface area (Å²) in [6, 6.07) is 16.3. The minimum atomic E-state index is -0.180. The van der Waals surface area contributed by atoms with Crippen molar-refractivity contribution in [3.05, 3.63) is 60.2 Å². The fourth-order valence-electron chi connectivity index (χ4n) is 2.97. The van der Waals surface area contributed by atoms with Crippen LogP contribution in [-0.4, -0.2) is 17.9 Å². The Hall–Kier alpha value is -2.66. The maximum Gasteiger partial charge on any atom is 0.255 e. The largest absolute Gasteiger partial charge is 0.328 e. The third-order valence-corrected chi connectivity index (χ3v) is 4.27. The lowest BCUT2D eigenvalue weighted by Crippen LogP contribution is -2.23. The quantitative estimate of drug-likeness (QED) is 0.808. The van der Waals surface area contributed by atoms with E-state index in [2.05, 4.69) is 10.6 Å². The molecule has 2 aromatic rings. The third-order valence-electron chi connectivity index (χ3n) is 4.27. The molecule has 1 aliphatic rings. The summed E-state index contributed by atoms with van der Waals surface area (Å²) in [5.41, 5.74) is 7.77. The number of hydrogen-bond donors (Lipinski definition) is 3. The van der Waals surface area contributed by atoms with Crippen molar-refractivity contribution in [1.29, 1.82) is 0 Å². The Morgan fingerprint density at radius 3 is 2.29 bits per heavy atom. The van der Waals surface area contributed by atoms with E-state index in [0.717, 1.165) is 19.3 Å². The van der Waals surface area contributed by atoms with Crippen LogP contribution in [0.15, 0.2) is 54.6 Å². The highest BCUT2D eigenvalue weighted by molar-refractivity contribution is 6.04. The number of anilines is 2. The Bertz CT molecular complexity index is 730. The average molecular weight is 323 g/mol. The van der Waals surface area contributed by atoms with Crippen LogP contribution in [0.25, 0.3) is 0 Å². The minimum absolute atomic E-state index is 0.00511. The van der Waals surface area contributed by atoms with Crippen molar-refractivity contribution in [1.82, 2.24) is 0 Å². The first kappa shape index (κ1) is 16.2. The number of rotatable bonds is 4. The monoisotopic (exact) mass is 323 g/mol. The molecule has 1 saturated carbocycles. The Kier molecular flexibility index (Phi) is 4.91. The van der Waals surface area contributed by atoms with Crippen molar-refractivity contribution in [3.63, 3.8) is 0 Å². The van der Waals surface area contributed by atoms with Gasteiger partial charge in [-0.25, -0.2) is 0 Å². The molecule has 0 spiro atoms. The van der Waals surface area contributed by atoms with Crippen LogP contribution in [0.3, 0.4) is 0 Å². The molecule has 2 unspecified atom stereocenters. The molecule has 0 aliphatic heterocycles. The summed E-state index contributed by atoms with van der Waals surface area (Å²) in [5, 5.41) is 5.75. The van der Waals surface area contributed by atoms with Gasteiger partial charge in [-0.3, -0.25) is 9.59 Å². The van der Waals surface area contributed by atoms with E-state index >= 15 is 0 Å². The van der Waals surface area contributed by atoms with Crippen LogP contribution in [0.5, 0.6) is 0 Å². The predicted octanol–water partition coefficient (Wildman–Crippen LogP) is 3.00. The molecule has 2 aromatic carbocycles. The summed E-state index contributed by atoms with van der Waals surface area (Å²) in [4.78, 5) is 24.4. The second kappa shape index (κ2) is 7.27. The molecule has 1 fully saturated rings. The Morgan fingerprint density at radius 2 is 1.62 bits per heavy atom. The second-order valence-corrected chi connectivity index (χ2v) is 6.16. The first-order valence-corrected chi connectivity index (χ1v) is 8.15. The van der Waals surface area contributed by atoms with Gasteiger partial charge in [0.2, 0.25) is 5.91 Å². The molecule has 0 heterocycles. The van der Waals surface area contributed by atoms with E-state index in [1.165, 1.54) is 0 Å². The zero-order valence-electron chi connectivity index (χ0n) is 13.4. The molecule has 124 valence electrons. The molecule has 24 heavy (non-hydrogen) atoms. The van der Waals surface area contributed by atoms with E-state index in [-0.39, 0.29) is 23.8 Å². The van der Waals surface area contributed by atoms with Crippen LogP contribution in [-0.2, 0) is 4.79 Å². The van der Waals surface area contributed by atoms with Crippen molar-refractivity contribution < 1.29 is 9.59 Å².